The van der Waals surface area contributed by atoms with Crippen LogP contribution < -0.4 is 5.73 Å². The number of thiophene rings is 1. The van der Waals surface area contributed by atoms with Crippen molar-refractivity contribution in [2.75, 3.05) is 0 Å². The van der Waals surface area contributed by atoms with E-state index in [1.165, 1.54) is 4.88 Å². The predicted octanol–water partition coefficient (Wildman–Crippen LogP) is 3.05. The molecule has 0 aliphatic heterocycles. The van der Waals surface area contributed by atoms with Gasteiger partial charge in [0, 0.05) is 10.8 Å². The number of rotatable bonds is 2. The Morgan fingerprint density at radius 1 is 1.50 bits per heavy atom. The summed E-state index contributed by atoms with van der Waals surface area (Å²) < 4.78 is 0. The number of hydrogen-bond acceptors (Lipinski definition) is 2. The van der Waals surface area contributed by atoms with Gasteiger partial charge < -0.3 is 5.73 Å². The summed E-state index contributed by atoms with van der Waals surface area (Å²) in [5, 5.41) is 2.09. The Morgan fingerprint density at radius 3 is 3.00 bits per heavy atom. The minimum absolute atomic E-state index is 0.280. The molecule has 1 aromatic heterocycles. The van der Waals surface area contributed by atoms with Crippen LogP contribution in [0.3, 0.4) is 0 Å². The van der Waals surface area contributed by atoms with Crippen molar-refractivity contribution in [3.8, 4) is 0 Å². The molecule has 14 heavy (non-hydrogen) atoms. The summed E-state index contributed by atoms with van der Waals surface area (Å²) in [5.41, 5.74) is 6.17. The van der Waals surface area contributed by atoms with Crippen molar-refractivity contribution in [3.05, 3.63) is 46.7 Å². The maximum atomic E-state index is 6.45. The molecule has 2 rings (SSSR count). The monoisotopic (exact) mass is 205 g/mol. The van der Waals surface area contributed by atoms with Gasteiger partial charge in [0.2, 0.25) is 0 Å². The molecule has 2 atom stereocenters. The molecule has 2 unspecified atom stereocenters. The molecule has 0 spiro atoms. The molecule has 0 saturated carbocycles. The molecule has 1 aromatic rings. The highest BCUT2D eigenvalue weighted by atomic mass is 32.1. The first-order valence-corrected chi connectivity index (χ1v) is 5.84. The van der Waals surface area contributed by atoms with E-state index in [0.29, 0.717) is 5.92 Å². The van der Waals surface area contributed by atoms with E-state index in [1.54, 1.807) is 11.3 Å². The summed E-state index contributed by atoms with van der Waals surface area (Å²) in [6, 6.07) is 4.18. The molecule has 1 nitrogen and oxygen atoms in total. The first-order chi connectivity index (χ1) is 6.77. The van der Waals surface area contributed by atoms with Crippen LogP contribution in [0.1, 0.15) is 18.2 Å². The third kappa shape index (κ3) is 1.45. The van der Waals surface area contributed by atoms with Crippen LogP contribution in [0, 0.1) is 5.92 Å². The third-order valence-corrected chi connectivity index (χ3v) is 3.86. The largest absolute Gasteiger partial charge is 0.317 e. The molecule has 0 fully saturated rings. The number of nitrogens with two attached hydrogens (primary N) is 1. The first kappa shape index (κ1) is 9.69. The van der Waals surface area contributed by atoms with Gasteiger partial charge in [0.1, 0.15) is 0 Å². The summed E-state index contributed by atoms with van der Waals surface area (Å²) in [7, 11) is 0. The SMILES string of the molecule is CCC1C=CC=CC1(N)c1cccs1. The fraction of sp³-hybridized carbons (Fsp3) is 0.333. The van der Waals surface area contributed by atoms with Gasteiger partial charge in [-0.05, 0) is 17.9 Å². The van der Waals surface area contributed by atoms with Gasteiger partial charge in [0.25, 0.3) is 0 Å². The average Bonchev–Trinajstić information content (AvgIpc) is 2.72. The van der Waals surface area contributed by atoms with Gasteiger partial charge in [-0.15, -0.1) is 11.3 Å². The highest BCUT2D eigenvalue weighted by Gasteiger charge is 2.33. The highest BCUT2D eigenvalue weighted by molar-refractivity contribution is 7.10. The lowest BCUT2D eigenvalue weighted by molar-refractivity contribution is 0.400. The lowest BCUT2D eigenvalue weighted by Crippen LogP contribution is -2.41. The number of allylic oxidation sites excluding steroid dienone is 2. The van der Waals surface area contributed by atoms with E-state index in [-0.39, 0.29) is 5.54 Å². The van der Waals surface area contributed by atoms with Gasteiger partial charge >= 0.3 is 0 Å². The van der Waals surface area contributed by atoms with Crippen LogP contribution in [-0.4, -0.2) is 0 Å². The van der Waals surface area contributed by atoms with Crippen molar-refractivity contribution in [2.24, 2.45) is 11.7 Å². The van der Waals surface area contributed by atoms with Crippen molar-refractivity contribution >= 4 is 11.3 Å². The minimum atomic E-state index is -0.280. The van der Waals surface area contributed by atoms with E-state index < -0.39 is 0 Å². The molecule has 0 aromatic carbocycles. The minimum Gasteiger partial charge on any atom is -0.317 e. The molecule has 74 valence electrons. The van der Waals surface area contributed by atoms with Crippen LogP contribution in [0.4, 0.5) is 0 Å². The maximum Gasteiger partial charge on any atom is 0.0755 e. The van der Waals surface area contributed by atoms with Gasteiger partial charge in [-0.2, -0.15) is 0 Å². The van der Waals surface area contributed by atoms with Crippen molar-refractivity contribution in [1.82, 2.24) is 0 Å². The van der Waals surface area contributed by atoms with Crippen LogP contribution >= 0.6 is 11.3 Å². The fourth-order valence-corrected chi connectivity index (χ4v) is 2.84. The summed E-state index contributed by atoms with van der Waals surface area (Å²) in [4.78, 5) is 1.25. The van der Waals surface area contributed by atoms with Gasteiger partial charge in [0.15, 0.2) is 0 Å². The molecule has 1 aliphatic carbocycles. The highest BCUT2D eigenvalue weighted by Crippen LogP contribution is 2.36. The maximum absolute atomic E-state index is 6.45. The second kappa shape index (κ2) is 3.71. The van der Waals surface area contributed by atoms with Gasteiger partial charge in [0.05, 0.1) is 5.54 Å². The van der Waals surface area contributed by atoms with Crippen molar-refractivity contribution in [2.45, 2.75) is 18.9 Å². The second-order valence-corrected chi connectivity index (χ2v) is 4.62. The van der Waals surface area contributed by atoms with Crippen LogP contribution in [0.15, 0.2) is 41.8 Å². The molecule has 1 aliphatic rings. The Morgan fingerprint density at radius 2 is 2.36 bits per heavy atom. The fourth-order valence-electron chi connectivity index (χ4n) is 1.96. The molecule has 2 N–H and O–H groups in total. The molecular formula is C12H15NS. The standard InChI is InChI=1S/C12H15NS/c1-2-10-6-3-4-8-12(10,13)11-7-5-9-14-11/h3-10H,2,13H2,1H3. The average molecular weight is 205 g/mol. The van der Waals surface area contributed by atoms with E-state index in [0.717, 1.165) is 6.42 Å². The second-order valence-electron chi connectivity index (χ2n) is 3.67. The Kier molecular flexibility index (Phi) is 2.57. The van der Waals surface area contributed by atoms with Crippen LogP contribution in [0.5, 0.6) is 0 Å². The number of hydrogen-bond donors (Lipinski definition) is 1. The molecule has 1 heterocycles. The van der Waals surface area contributed by atoms with Crippen molar-refractivity contribution in [1.29, 1.82) is 0 Å². The summed E-state index contributed by atoms with van der Waals surface area (Å²) in [5.74, 6) is 0.422. The topological polar surface area (TPSA) is 26.0 Å². The Balaban J connectivity index is 2.39. The molecule has 0 amide bonds. The molecular weight excluding hydrogens is 190 g/mol. The van der Waals surface area contributed by atoms with Gasteiger partial charge in [-0.1, -0.05) is 37.3 Å². The van der Waals surface area contributed by atoms with Crippen molar-refractivity contribution < 1.29 is 0 Å². The Bertz CT molecular complexity index is 350. The van der Waals surface area contributed by atoms with Crippen molar-refractivity contribution in [3.63, 3.8) is 0 Å². The third-order valence-electron chi connectivity index (χ3n) is 2.83. The molecule has 0 radical (unpaired) electrons. The van der Waals surface area contributed by atoms with Crippen LogP contribution in [0.25, 0.3) is 0 Å². The smallest absolute Gasteiger partial charge is 0.0755 e. The van der Waals surface area contributed by atoms with Crippen LogP contribution in [-0.2, 0) is 5.54 Å². The summed E-state index contributed by atoms with van der Waals surface area (Å²) >= 11 is 1.74. The lowest BCUT2D eigenvalue weighted by Gasteiger charge is -2.33. The van der Waals surface area contributed by atoms with E-state index in [4.69, 9.17) is 5.73 Å². The Hall–Kier alpha value is -0.860. The zero-order chi connectivity index (χ0) is 10.0. The normalized spacial score (nSPS) is 30.9. The predicted molar refractivity (Wildman–Crippen MR) is 62.2 cm³/mol. The van der Waals surface area contributed by atoms with Crippen LogP contribution in [0.2, 0.25) is 0 Å². The quantitative estimate of drug-likeness (QED) is 0.789. The summed E-state index contributed by atoms with van der Waals surface area (Å²) in [6.07, 6.45) is 9.54. The van der Waals surface area contributed by atoms with Gasteiger partial charge in [-0.25, -0.2) is 0 Å². The Labute approximate surface area is 88.9 Å². The van der Waals surface area contributed by atoms with E-state index in [2.05, 4.69) is 42.7 Å². The lowest BCUT2D eigenvalue weighted by atomic mass is 9.79. The molecule has 2 heteroatoms. The van der Waals surface area contributed by atoms with E-state index in [9.17, 15) is 0 Å². The van der Waals surface area contributed by atoms with E-state index >= 15 is 0 Å². The van der Waals surface area contributed by atoms with Gasteiger partial charge in [-0.3, -0.25) is 0 Å². The first-order valence-electron chi connectivity index (χ1n) is 4.96. The molecule has 0 bridgehead atoms. The zero-order valence-corrected chi connectivity index (χ0v) is 9.13. The zero-order valence-electron chi connectivity index (χ0n) is 8.31. The van der Waals surface area contributed by atoms with E-state index in [1.807, 2.05) is 6.08 Å². The molecule has 0 saturated heterocycles. The summed E-state index contributed by atoms with van der Waals surface area (Å²) in [6.45, 7) is 2.18.